The molecule has 1 heterocycles. The molecule has 4 rings (SSSR count). The molecule has 2 aromatic rings. The molecule has 1 aliphatic heterocycles. The molecule has 30 heavy (non-hydrogen) atoms. The number of hydrogen-bond acceptors (Lipinski definition) is 2. The fraction of sp³-hybridized carbons (Fsp3) is 0.519. The largest absolute Gasteiger partial charge is 0.481 e. The highest BCUT2D eigenvalue weighted by atomic mass is 16.4. The maximum Gasteiger partial charge on any atom is 0.307 e. The predicted molar refractivity (Wildman–Crippen MR) is 123 cm³/mol. The first-order valence-corrected chi connectivity index (χ1v) is 11.3. The van der Waals surface area contributed by atoms with Crippen LogP contribution >= 0.6 is 0 Å². The minimum absolute atomic E-state index is 0.0841. The number of carboxylic acid groups (broad SMARTS) is 1. The van der Waals surface area contributed by atoms with E-state index in [4.69, 9.17) is 0 Å². The van der Waals surface area contributed by atoms with Crippen molar-refractivity contribution in [3.05, 3.63) is 57.6 Å². The number of carbonyl (C=O) groups is 1. The minimum atomic E-state index is -0.754. The van der Waals surface area contributed by atoms with Gasteiger partial charge in [0, 0.05) is 19.1 Å². The van der Waals surface area contributed by atoms with Gasteiger partial charge in [-0.05, 0) is 90.8 Å². The van der Waals surface area contributed by atoms with Gasteiger partial charge in [0.1, 0.15) is 0 Å². The zero-order valence-electron chi connectivity index (χ0n) is 19.1. The molecule has 0 saturated heterocycles. The summed E-state index contributed by atoms with van der Waals surface area (Å²) in [6.45, 7) is 13.2. The summed E-state index contributed by atoms with van der Waals surface area (Å²) in [5.74, 6) is -0.754. The van der Waals surface area contributed by atoms with Crippen LogP contribution < -0.4 is 0 Å². The molecule has 2 aromatic carbocycles. The molecular weight excluding hydrogens is 370 g/mol. The normalized spacial score (nSPS) is 19.1. The van der Waals surface area contributed by atoms with E-state index >= 15 is 0 Å². The second kappa shape index (κ2) is 7.85. The molecule has 1 aliphatic carbocycles. The number of fused-ring (bicyclic) bond motifs is 1. The highest BCUT2D eigenvalue weighted by Crippen LogP contribution is 2.43. The Labute approximate surface area is 181 Å². The lowest BCUT2D eigenvalue weighted by Crippen LogP contribution is -2.36. The Balaban J connectivity index is 1.74. The first kappa shape index (κ1) is 21.1. The molecule has 3 nitrogen and oxygen atoms in total. The summed E-state index contributed by atoms with van der Waals surface area (Å²) in [7, 11) is 0. The third kappa shape index (κ3) is 3.92. The van der Waals surface area contributed by atoms with Gasteiger partial charge < -0.3 is 5.11 Å². The summed E-state index contributed by atoms with van der Waals surface area (Å²) in [6, 6.07) is 9.18. The molecule has 3 heteroatoms. The quantitative estimate of drug-likeness (QED) is 0.659. The minimum Gasteiger partial charge on any atom is -0.481 e. The highest BCUT2D eigenvalue weighted by Gasteiger charge is 2.35. The van der Waals surface area contributed by atoms with E-state index < -0.39 is 5.97 Å². The Morgan fingerprint density at radius 3 is 2.13 bits per heavy atom. The summed E-state index contributed by atoms with van der Waals surface area (Å²) >= 11 is 0. The Morgan fingerprint density at radius 1 is 1.00 bits per heavy atom. The molecule has 0 aromatic heterocycles. The van der Waals surface area contributed by atoms with E-state index in [0.29, 0.717) is 11.5 Å². The fourth-order valence-corrected chi connectivity index (χ4v) is 5.58. The third-order valence-electron chi connectivity index (χ3n) is 7.61. The number of hydrogen-bond donors (Lipinski definition) is 1. The average molecular weight is 406 g/mol. The molecule has 2 aliphatic rings. The van der Waals surface area contributed by atoms with Crippen LogP contribution in [0.25, 0.3) is 11.1 Å². The van der Waals surface area contributed by atoms with Crippen LogP contribution in [0, 0.1) is 26.2 Å². The van der Waals surface area contributed by atoms with Crippen LogP contribution in [0.15, 0.2) is 24.3 Å². The van der Waals surface area contributed by atoms with Crippen molar-refractivity contribution in [1.29, 1.82) is 0 Å². The topological polar surface area (TPSA) is 40.5 Å². The Morgan fingerprint density at radius 2 is 1.57 bits per heavy atom. The standard InChI is InChI=1S/C27H35NO2/c1-17-6-8-20(9-7-17)26-19(3)24-16-28(21-10-12-27(4,5)13-11-21)15-23(24)18(2)22(26)14-25(29)30/h6-9,21H,10-16H2,1-5H3,(H,29,30). The van der Waals surface area contributed by atoms with Gasteiger partial charge in [0.05, 0.1) is 6.42 Å². The molecule has 1 N–H and O–H groups in total. The van der Waals surface area contributed by atoms with Gasteiger partial charge in [-0.25, -0.2) is 0 Å². The van der Waals surface area contributed by atoms with Gasteiger partial charge in [0.2, 0.25) is 0 Å². The Kier molecular flexibility index (Phi) is 5.52. The van der Waals surface area contributed by atoms with Crippen molar-refractivity contribution in [2.45, 2.75) is 85.9 Å². The molecule has 0 radical (unpaired) electrons. The van der Waals surface area contributed by atoms with E-state index in [0.717, 1.165) is 29.8 Å². The molecule has 1 saturated carbocycles. The maximum atomic E-state index is 11.7. The molecule has 1 fully saturated rings. The highest BCUT2D eigenvalue weighted by molar-refractivity contribution is 5.81. The zero-order valence-corrected chi connectivity index (χ0v) is 19.1. The van der Waals surface area contributed by atoms with Crippen molar-refractivity contribution < 1.29 is 9.90 Å². The van der Waals surface area contributed by atoms with Crippen LogP contribution in [0.3, 0.4) is 0 Å². The summed E-state index contributed by atoms with van der Waals surface area (Å²) in [5, 5.41) is 9.64. The molecule has 0 spiro atoms. The number of aliphatic carboxylic acids is 1. The van der Waals surface area contributed by atoms with Crippen molar-refractivity contribution in [3.8, 4) is 11.1 Å². The molecule has 0 atom stereocenters. The lowest BCUT2D eigenvalue weighted by molar-refractivity contribution is -0.136. The van der Waals surface area contributed by atoms with Crippen molar-refractivity contribution >= 4 is 5.97 Å². The fourth-order valence-electron chi connectivity index (χ4n) is 5.58. The van der Waals surface area contributed by atoms with Crippen molar-refractivity contribution in [2.24, 2.45) is 5.41 Å². The summed E-state index contributed by atoms with van der Waals surface area (Å²) in [5.41, 5.74) is 10.2. The second-order valence-electron chi connectivity index (χ2n) is 10.3. The first-order chi connectivity index (χ1) is 14.2. The van der Waals surface area contributed by atoms with Crippen LogP contribution in [0.5, 0.6) is 0 Å². The van der Waals surface area contributed by atoms with Crippen molar-refractivity contribution in [2.75, 3.05) is 0 Å². The number of benzene rings is 2. The lowest BCUT2D eigenvalue weighted by atomic mass is 9.75. The molecule has 0 bridgehead atoms. The van der Waals surface area contributed by atoms with E-state index in [1.54, 1.807) is 0 Å². The van der Waals surface area contributed by atoms with Gasteiger partial charge in [0.25, 0.3) is 0 Å². The van der Waals surface area contributed by atoms with E-state index in [1.807, 2.05) is 0 Å². The molecule has 0 unspecified atom stereocenters. The SMILES string of the molecule is Cc1ccc(-c2c(C)c3c(c(C)c2CC(=O)O)CN(C2CCC(C)(C)CC2)C3)cc1. The summed E-state index contributed by atoms with van der Waals surface area (Å²) in [6.07, 6.45) is 5.21. The van der Waals surface area contributed by atoms with Crippen molar-refractivity contribution in [1.82, 2.24) is 4.90 Å². The third-order valence-corrected chi connectivity index (χ3v) is 7.61. The van der Waals surface area contributed by atoms with Gasteiger partial charge in [-0.1, -0.05) is 43.7 Å². The average Bonchev–Trinajstić information content (AvgIpc) is 3.13. The van der Waals surface area contributed by atoms with E-state index in [1.165, 1.54) is 53.5 Å². The first-order valence-electron chi connectivity index (χ1n) is 11.3. The number of rotatable bonds is 4. The van der Waals surface area contributed by atoms with Crippen LogP contribution in [0.2, 0.25) is 0 Å². The van der Waals surface area contributed by atoms with Gasteiger partial charge in [-0.15, -0.1) is 0 Å². The van der Waals surface area contributed by atoms with E-state index in [2.05, 4.69) is 63.8 Å². The second-order valence-corrected chi connectivity index (χ2v) is 10.3. The van der Waals surface area contributed by atoms with Gasteiger partial charge >= 0.3 is 5.97 Å². The van der Waals surface area contributed by atoms with Crippen LogP contribution in [0.1, 0.15) is 72.9 Å². The van der Waals surface area contributed by atoms with Gasteiger partial charge in [0.15, 0.2) is 0 Å². The van der Waals surface area contributed by atoms with Gasteiger partial charge in [-0.3, -0.25) is 9.69 Å². The Bertz CT molecular complexity index is 962. The van der Waals surface area contributed by atoms with Crippen LogP contribution in [0.4, 0.5) is 0 Å². The van der Waals surface area contributed by atoms with E-state index in [-0.39, 0.29) is 6.42 Å². The van der Waals surface area contributed by atoms with Crippen LogP contribution in [-0.4, -0.2) is 22.0 Å². The summed E-state index contributed by atoms with van der Waals surface area (Å²) in [4.78, 5) is 14.4. The number of carboxylic acids is 1. The van der Waals surface area contributed by atoms with Crippen LogP contribution in [-0.2, 0) is 24.3 Å². The molecule has 160 valence electrons. The Hall–Kier alpha value is -2.13. The lowest BCUT2D eigenvalue weighted by Gasteiger charge is -2.38. The summed E-state index contributed by atoms with van der Waals surface area (Å²) < 4.78 is 0. The van der Waals surface area contributed by atoms with E-state index in [9.17, 15) is 9.90 Å². The van der Waals surface area contributed by atoms with Crippen molar-refractivity contribution in [3.63, 3.8) is 0 Å². The molecular formula is C27H35NO2. The van der Waals surface area contributed by atoms with Gasteiger partial charge in [-0.2, -0.15) is 0 Å². The predicted octanol–water partition coefficient (Wildman–Crippen LogP) is 6.19. The number of nitrogens with zero attached hydrogens (tertiary/aromatic N) is 1. The molecule has 0 amide bonds. The maximum absolute atomic E-state index is 11.7. The smallest absolute Gasteiger partial charge is 0.307 e. The monoisotopic (exact) mass is 405 g/mol. The number of aryl methyl sites for hydroxylation is 1. The zero-order chi connectivity index (χ0) is 21.6.